The number of methoxy groups -OCH3 is 1. The van der Waals surface area contributed by atoms with Crippen molar-refractivity contribution in [2.75, 3.05) is 12.8 Å². The molecule has 198 valence electrons. The minimum atomic E-state index is -5.21. The molecule has 0 unspecified atom stereocenters. The Morgan fingerprint density at radius 1 is 1.19 bits per heavy atom. The molecule has 4 rings (SSSR count). The average Bonchev–Trinajstić information content (AvgIpc) is 3.16. The summed E-state index contributed by atoms with van der Waals surface area (Å²) in [7, 11) is 1.15. The Balaban J connectivity index is 1.82. The van der Waals surface area contributed by atoms with E-state index in [-0.39, 0.29) is 22.6 Å². The van der Waals surface area contributed by atoms with Crippen LogP contribution in [0, 0.1) is 17.5 Å². The first kappa shape index (κ1) is 26.3. The number of alkyl halides is 3. The second-order valence-corrected chi connectivity index (χ2v) is 9.39. The van der Waals surface area contributed by atoms with Crippen molar-refractivity contribution >= 4 is 11.7 Å². The van der Waals surface area contributed by atoms with E-state index >= 15 is 0 Å². The minimum absolute atomic E-state index is 0.0475. The Bertz CT molecular complexity index is 1390. The second-order valence-electron chi connectivity index (χ2n) is 9.39. The van der Waals surface area contributed by atoms with Gasteiger partial charge in [-0.1, -0.05) is 19.9 Å². The summed E-state index contributed by atoms with van der Waals surface area (Å²) in [6, 6.07) is 2.32. The van der Waals surface area contributed by atoms with Crippen molar-refractivity contribution in [3.05, 3.63) is 70.7 Å². The van der Waals surface area contributed by atoms with E-state index in [2.05, 4.69) is 10.4 Å². The normalized spacial score (nSPS) is 20.9. The number of hydrogen-bond donors (Lipinski definition) is 3. The number of ether oxygens (including phenoxy) is 1. The van der Waals surface area contributed by atoms with Gasteiger partial charge >= 0.3 is 6.18 Å². The van der Waals surface area contributed by atoms with Crippen molar-refractivity contribution in [3.8, 4) is 11.4 Å². The minimum Gasteiger partial charge on any atom is -0.493 e. The van der Waals surface area contributed by atoms with Crippen LogP contribution in [-0.4, -0.2) is 39.7 Å². The summed E-state index contributed by atoms with van der Waals surface area (Å²) in [6.45, 7) is 2.78. The van der Waals surface area contributed by atoms with Crippen molar-refractivity contribution in [2.45, 2.75) is 43.5 Å². The van der Waals surface area contributed by atoms with Crippen LogP contribution in [0.1, 0.15) is 47.8 Å². The van der Waals surface area contributed by atoms with Gasteiger partial charge in [0.05, 0.1) is 19.3 Å². The number of anilines is 1. The van der Waals surface area contributed by atoms with Gasteiger partial charge in [-0.15, -0.1) is 0 Å². The van der Waals surface area contributed by atoms with E-state index in [9.17, 15) is 36.2 Å². The van der Waals surface area contributed by atoms with Crippen LogP contribution < -0.4 is 15.8 Å². The lowest BCUT2D eigenvalue weighted by Crippen LogP contribution is -2.60. The van der Waals surface area contributed by atoms with E-state index in [1.54, 1.807) is 0 Å². The fraction of sp³-hybridized carbons (Fsp3) is 0.333. The van der Waals surface area contributed by atoms with Crippen LogP contribution in [0.2, 0.25) is 0 Å². The molecule has 0 spiro atoms. The molecule has 1 aliphatic carbocycles. The molecular weight excluding hydrogens is 506 g/mol. The quantitative estimate of drug-likeness (QED) is 0.438. The number of nitrogens with two attached hydrogens (primary N) is 1. The molecular formula is C24H22F6N4O3. The first-order chi connectivity index (χ1) is 17.1. The molecule has 37 heavy (non-hydrogen) atoms. The Morgan fingerprint density at radius 2 is 1.86 bits per heavy atom. The molecule has 1 aliphatic rings. The SMILES string of the molecule is COc1c(F)ccc2c1C(C)(C)C[C@](O)(C(F)(F)F)[C@@H]2NC(=O)c1cnn(-c2ccc(F)cc2F)c1N. The predicted octanol–water partition coefficient (Wildman–Crippen LogP) is 4.33. The molecule has 13 heteroatoms. The molecule has 0 fully saturated rings. The molecule has 0 saturated carbocycles. The van der Waals surface area contributed by atoms with Gasteiger partial charge in [-0.05, 0) is 35.6 Å². The maximum atomic E-state index is 14.5. The van der Waals surface area contributed by atoms with Gasteiger partial charge in [-0.3, -0.25) is 4.79 Å². The molecule has 3 aromatic rings. The number of aromatic nitrogens is 2. The number of carbonyl (C=O) groups excluding carboxylic acids is 1. The van der Waals surface area contributed by atoms with Crippen LogP contribution in [0.15, 0.2) is 36.5 Å². The van der Waals surface area contributed by atoms with Gasteiger partial charge in [0.25, 0.3) is 5.91 Å². The number of fused-ring (bicyclic) bond motifs is 1. The molecule has 1 heterocycles. The summed E-state index contributed by atoms with van der Waals surface area (Å²) in [5.41, 5.74) is 0.140. The number of hydrogen-bond acceptors (Lipinski definition) is 5. The highest BCUT2D eigenvalue weighted by Crippen LogP contribution is 2.55. The topological polar surface area (TPSA) is 102 Å². The molecule has 2 atom stereocenters. The zero-order chi connectivity index (χ0) is 27.5. The zero-order valence-corrected chi connectivity index (χ0v) is 19.8. The van der Waals surface area contributed by atoms with Gasteiger partial charge < -0.3 is 20.9 Å². The van der Waals surface area contributed by atoms with Crippen LogP contribution in [0.25, 0.3) is 5.69 Å². The van der Waals surface area contributed by atoms with E-state index in [1.165, 1.54) is 13.8 Å². The highest BCUT2D eigenvalue weighted by Gasteiger charge is 2.64. The number of nitrogens with one attached hydrogen (secondary N) is 1. The number of carbonyl (C=O) groups is 1. The van der Waals surface area contributed by atoms with Crippen molar-refractivity contribution in [3.63, 3.8) is 0 Å². The summed E-state index contributed by atoms with van der Waals surface area (Å²) >= 11 is 0. The lowest BCUT2D eigenvalue weighted by atomic mass is 9.63. The standard InChI is InChI=1S/C24H22F6N4O3/c1-22(2)10-23(36,24(28,29)30)19(12-5-6-14(26)18(37-3)17(12)22)33-21(35)13-9-32-34(20(13)31)16-7-4-11(25)8-15(16)27/h4-9,19,36H,10,31H2,1-3H3,(H,33,35)/t19-,23-/m1/s1. The van der Waals surface area contributed by atoms with E-state index in [0.29, 0.717) is 6.07 Å². The van der Waals surface area contributed by atoms with Crippen molar-refractivity contribution in [2.24, 2.45) is 0 Å². The van der Waals surface area contributed by atoms with Gasteiger partial charge in [0.1, 0.15) is 22.9 Å². The third-order valence-electron chi connectivity index (χ3n) is 6.48. The molecule has 4 N–H and O–H groups in total. The summed E-state index contributed by atoms with van der Waals surface area (Å²) in [4.78, 5) is 13.1. The van der Waals surface area contributed by atoms with Crippen LogP contribution in [0.4, 0.5) is 32.2 Å². The predicted molar refractivity (Wildman–Crippen MR) is 120 cm³/mol. The Morgan fingerprint density at radius 3 is 2.46 bits per heavy atom. The number of nitrogens with zero attached hydrogens (tertiary/aromatic N) is 2. The summed E-state index contributed by atoms with van der Waals surface area (Å²) in [6.07, 6.45) is -5.26. The monoisotopic (exact) mass is 528 g/mol. The van der Waals surface area contributed by atoms with Crippen LogP contribution >= 0.6 is 0 Å². The van der Waals surface area contributed by atoms with Crippen molar-refractivity contribution in [1.29, 1.82) is 0 Å². The Kier molecular flexibility index (Phi) is 6.18. The molecule has 0 saturated heterocycles. The first-order valence-corrected chi connectivity index (χ1v) is 10.9. The zero-order valence-electron chi connectivity index (χ0n) is 19.8. The van der Waals surface area contributed by atoms with E-state index < -0.39 is 64.4 Å². The highest BCUT2D eigenvalue weighted by molar-refractivity contribution is 5.99. The lowest BCUT2D eigenvalue weighted by molar-refractivity contribution is -0.280. The average molecular weight is 528 g/mol. The van der Waals surface area contributed by atoms with E-state index in [0.717, 1.165) is 42.3 Å². The fourth-order valence-electron chi connectivity index (χ4n) is 4.88. The Labute approximate surface area is 206 Å². The third kappa shape index (κ3) is 4.16. The molecule has 0 aliphatic heterocycles. The van der Waals surface area contributed by atoms with Crippen LogP contribution in [-0.2, 0) is 5.41 Å². The summed E-state index contributed by atoms with van der Waals surface area (Å²) < 4.78 is 90.7. The Hall–Kier alpha value is -3.74. The molecule has 1 aromatic heterocycles. The highest BCUT2D eigenvalue weighted by atomic mass is 19.4. The van der Waals surface area contributed by atoms with Gasteiger partial charge in [0.2, 0.25) is 0 Å². The second kappa shape index (κ2) is 8.68. The smallest absolute Gasteiger partial charge is 0.419 e. The third-order valence-corrected chi connectivity index (χ3v) is 6.48. The number of benzene rings is 2. The summed E-state index contributed by atoms with van der Waals surface area (Å²) in [5, 5.41) is 16.9. The maximum absolute atomic E-state index is 14.5. The van der Waals surface area contributed by atoms with Crippen molar-refractivity contribution in [1.82, 2.24) is 15.1 Å². The number of amides is 1. The van der Waals surface area contributed by atoms with Crippen LogP contribution in [0.5, 0.6) is 5.75 Å². The van der Waals surface area contributed by atoms with Gasteiger partial charge in [0.15, 0.2) is 23.0 Å². The largest absolute Gasteiger partial charge is 0.493 e. The number of nitrogen functional groups attached to an aromatic ring is 1. The van der Waals surface area contributed by atoms with E-state index in [1.807, 2.05) is 0 Å². The molecule has 2 aromatic carbocycles. The lowest BCUT2D eigenvalue weighted by Gasteiger charge is -2.48. The molecule has 0 radical (unpaired) electrons. The van der Waals surface area contributed by atoms with Crippen molar-refractivity contribution < 1.29 is 41.0 Å². The fourth-order valence-corrected chi connectivity index (χ4v) is 4.88. The summed E-state index contributed by atoms with van der Waals surface area (Å²) in [5.74, 6) is -4.69. The maximum Gasteiger partial charge on any atom is 0.419 e. The number of aliphatic hydroxyl groups is 1. The number of rotatable bonds is 4. The molecule has 1 amide bonds. The molecule has 7 nitrogen and oxygen atoms in total. The first-order valence-electron chi connectivity index (χ1n) is 10.9. The van der Waals surface area contributed by atoms with Gasteiger partial charge in [-0.25, -0.2) is 17.9 Å². The van der Waals surface area contributed by atoms with Crippen LogP contribution in [0.3, 0.4) is 0 Å². The van der Waals surface area contributed by atoms with Gasteiger partial charge in [-0.2, -0.15) is 18.3 Å². The number of halogens is 6. The van der Waals surface area contributed by atoms with Gasteiger partial charge in [0, 0.05) is 11.6 Å². The molecule has 0 bridgehead atoms. The van der Waals surface area contributed by atoms with E-state index in [4.69, 9.17) is 10.5 Å².